The van der Waals surface area contributed by atoms with Gasteiger partial charge in [0.1, 0.15) is 0 Å². The highest BCUT2D eigenvalue weighted by Crippen LogP contribution is 2.51. The first-order valence-corrected chi connectivity index (χ1v) is 10.3. The highest BCUT2D eigenvalue weighted by molar-refractivity contribution is 8.00. The maximum absolute atomic E-state index is 6.53. The number of nitrogens with zero attached hydrogens (tertiary/aromatic N) is 3. The van der Waals surface area contributed by atoms with Crippen molar-refractivity contribution in [1.29, 1.82) is 0 Å². The summed E-state index contributed by atoms with van der Waals surface area (Å²) in [6.45, 7) is 7.53. The molecule has 4 heterocycles. The van der Waals surface area contributed by atoms with E-state index in [1.807, 2.05) is 18.0 Å². The third-order valence-corrected chi connectivity index (χ3v) is 7.33. The number of rotatable bonds is 1. The van der Waals surface area contributed by atoms with E-state index in [0.29, 0.717) is 0 Å². The number of pyridine rings is 1. The molecule has 1 atom stereocenters. The van der Waals surface area contributed by atoms with Gasteiger partial charge in [0, 0.05) is 58.9 Å². The summed E-state index contributed by atoms with van der Waals surface area (Å²) in [5.41, 5.74) is 6.75. The third kappa shape index (κ3) is 2.43. The van der Waals surface area contributed by atoms with E-state index in [9.17, 15) is 0 Å². The molecule has 0 spiro atoms. The molecule has 0 bridgehead atoms. The quantitative estimate of drug-likeness (QED) is 0.589. The van der Waals surface area contributed by atoms with Crippen LogP contribution in [-0.2, 0) is 24.3 Å². The summed E-state index contributed by atoms with van der Waals surface area (Å²) < 4.78 is 2.56. The van der Waals surface area contributed by atoms with Crippen LogP contribution in [0.15, 0.2) is 35.4 Å². The van der Waals surface area contributed by atoms with E-state index >= 15 is 0 Å². The zero-order chi connectivity index (χ0) is 18.1. The number of fused-ring (bicyclic) bond motifs is 3. The second-order valence-electron chi connectivity index (χ2n) is 7.82. The van der Waals surface area contributed by atoms with Crippen molar-refractivity contribution in [1.82, 2.24) is 14.5 Å². The summed E-state index contributed by atoms with van der Waals surface area (Å²) in [5.74, 6) is 0. The van der Waals surface area contributed by atoms with Crippen LogP contribution in [0, 0.1) is 6.92 Å². The molecule has 26 heavy (non-hydrogen) atoms. The van der Waals surface area contributed by atoms with Crippen LogP contribution in [0.2, 0.25) is 5.02 Å². The molecule has 5 heteroatoms. The zero-order valence-corrected chi connectivity index (χ0v) is 16.9. The van der Waals surface area contributed by atoms with Crippen LogP contribution >= 0.6 is 23.4 Å². The number of hydrogen-bond donors (Lipinski definition) is 0. The van der Waals surface area contributed by atoms with Gasteiger partial charge in [-0.2, -0.15) is 0 Å². The number of likely N-dealkylation sites (N-methyl/N-ethyl adjacent to an activating group) is 1. The van der Waals surface area contributed by atoms with E-state index < -0.39 is 0 Å². The molecule has 0 N–H and O–H groups in total. The van der Waals surface area contributed by atoms with Crippen molar-refractivity contribution in [2.45, 2.75) is 43.0 Å². The maximum Gasteiger partial charge on any atom is 0.0626 e. The molecule has 2 aromatic heterocycles. The fraction of sp³-hybridized carbons (Fsp3) is 0.381. The van der Waals surface area contributed by atoms with Gasteiger partial charge in [-0.15, -0.1) is 11.8 Å². The average Bonchev–Trinajstić information content (AvgIpc) is 2.88. The maximum atomic E-state index is 6.53. The molecule has 5 rings (SSSR count). The minimum atomic E-state index is -0.0194. The third-order valence-electron chi connectivity index (χ3n) is 5.77. The number of thioether (sulfide) groups is 1. The molecule has 0 saturated heterocycles. The van der Waals surface area contributed by atoms with Crippen LogP contribution in [-0.4, -0.2) is 28.0 Å². The summed E-state index contributed by atoms with van der Waals surface area (Å²) >= 11 is 8.48. The number of aryl methyl sites for hydroxylation is 1. The Morgan fingerprint density at radius 1 is 1.27 bits per heavy atom. The minimum Gasteiger partial charge on any atom is -0.342 e. The van der Waals surface area contributed by atoms with Gasteiger partial charge in [-0.05, 0) is 56.3 Å². The van der Waals surface area contributed by atoms with Crippen molar-refractivity contribution < 1.29 is 0 Å². The number of aromatic nitrogens is 2. The molecule has 0 amide bonds. The second kappa shape index (κ2) is 5.75. The highest BCUT2D eigenvalue weighted by Gasteiger charge is 2.37. The molecular weight excluding hydrogens is 362 g/mol. The summed E-state index contributed by atoms with van der Waals surface area (Å²) in [6, 6.07) is 8.69. The Morgan fingerprint density at radius 2 is 2.12 bits per heavy atom. The van der Waals surface area contributed by atoms with E-state index in [-0.39, 0.29) is 4.75 Å². The van der Waals surface area contributed by atoms with Gasteiger partial charge in [-0.1, -0.05) is 11.6 Å². The predicted molar refractivity (Wildman–Crippen MR) is 109 cm³/mol. The normalized spacial score (nSPS) is 22.6. The SMILES string of the molecule is Cc1cc(C2(C)Cn3c4c(c5cc(Cl)cc(c53)S2)CN(C)CC4)ccn1. The Hall–Kier alpha value is -1.49. The van der Waals surface area contributed by atoms with E-state index in [1.54, 1.807) is 0 Å². The van der Waals surface area contributed by atoms with Crippen LogP contribution < -0.4 is 0 Å². The standard InChI is InChI=1S/C21H22ClN3S/c1-13-8-14(4-6-23-13)21(2)12-25-18-5-7-24(3)11-17(18)16-9-15(22)10-19(26-21)20(16)25/h4,6,8-10H,5,7,11-12H2,1-3H3. The van der Waals surface area contributed by atoms with E-state index in [1.165, 1.54) is 32.6 Å². The van der Waals surface area contributed by atoms with Gasteiger partial charge < -0.3 is 9.47 Å². The van der Waals surface area contributed by atoms with Crippen LogP contribution in [0.1, 0.15) is 29.4 Å². The van der Waals surface area contributed by atoms with Gasteiger partial charge >= 0.3 is 0 Å². The lowest BCUT2D eigenvalue weighted by Gasteiger charge is -2.36. The molecule has 1 unspecified atom stereocenters. The number of halogens is 1. The summed E-state index contributed by atoms with van der Waals surface area (Å²) in [4.78, 5) is 8.09. The first-order chi connectivity index (χ1) is 12.4. The second-order valence-corrected chi connectivity index (χ2v) is 9.80. The summed E-state index contributed by atoms with van der Waals surface area (Å²) in [6.07, 6.45) is 3.04. The number of benzene rings is 1. The Labute approximate surface area is 163 Å². The molecule has 2 aliphatic heterocycles. The Kier molecular flexibility index (Phi) is 3.69. The van der Waals surface area contributed by atoms with E-state index in [0.717, 1.165) is 36.8 Å². The lowest BCUT2D eigenvalue weighted by atomic mass is 9.99. The van der Waals surface area contributed by atoms with Crippen molar-refractivity contribution >= 4 is 34.3 Å². The monoisotopic (exact) mass is 383 g/mol. The lowest BCUT2D eigenvalue weighted by molar-refractivity contribution is 0.308. The van der Waals surface area contributed by atoms with Crippen molar-refractivity contribution in [2.75, 3.05) is 13.6 Å². The van der Waals surface area contributed by atoms with E-state index in [2.05, 4.69) is 59.6 Å². The van der Waals surface area contributed by atoms with Crippen molar-refractivity contribution in [3.63, 3.8) is 0 Å². The molecule has 0 radical (unpaired) electrons. The Bertz CT molecular complexity index is 1040. The van der Waals surface area contributed by atoms with Gasteiger partial charge in [-0.25, -0.2) is 0 Å². The van der Waals surface area contributed by atoms with E-state index in [4.69, 9.17) is 11.6 Å². The first-order valence-electron chi connectivity index (χ1n) is 9.09. The van der Waals surface area contributed by atoms with Gasteiger partial charge in [0.2, 0.25) is 0 Å². The highest BCUT2D eigenvalue weighted by atomic mass is 35.5. The fourth-order valence-electron chi connectivity index (χ4n) is 4.50. The largest absolute Gasteiger partial charge is 0.342 e. The average molecular weight is 384 g/mol. The van der Waals surface area contributed by atoms with Crippen LogP contribution in [0.5, 0.6) is 0 Å². The molecule has 3 aromatic rings. The van der Waals surface area contributed by atoms with Crippen molar-refractivity contribution in [2.24, 2.45) is 0 Å². The Morgan fingerprint density at radius 3 is 2.92 bits per heavy atom. The van der Waals surface area contributed by atoms with Gasteiger partial charge in [0.25, 0.3) is 0 Å². The molecule has 0 aliphatic carbocycles. The predicted octanol–water partition coefficient (Wildman–Crippen LogP) is 5.01. The molecule has 1 aromatic carbocycles. The van der Waals surface area contributed by atoms with Crippen LogP contribution in [0.3, 0.4) is 0 Å². The summed E-state index contributed by atoms with van der Waals surface area (Å²) in [7, 11) is 2.20. The van der Waals surface area contributed by atoms with Crippen LogP contribution in [0.25, 0.3) is 10.9 Å². The molecule has 3 nitrogen and oxygen atoms in total. The zero-order valence-electron chi connectivity index (χ0n) is 15.3. The topological polar surface area (TPSA) is 21.1 Å². The molecular formula is C21H22ClN3S. The smallest absolute Gasteiger partial charge is 0.0626 e. The van der Waals surface area contributed by atoms with Gasteiger partial charge in [0.15, 0.2) is 0 Å². The number of hydrogen-bond acceptors (Lipinski definition) is 3. The summed E-state index contributed by atoms with van der Waals surface area (Å²) in [5, 5.41) is 2.18. The lowest BCUT2D eigenvalue weighted by Crippen LogP contribution is -2.31. The first kappa shape index (κ1) is 16.7. The van der Waals surface area contributed by atoms with Gasteiger partial charge in [-0.3, -0.25) is 4.98 Å². The van der Waals surface area contributed by atoms with Crippen molar-refractivity contribution in [3.8, 4) is 0 Å². The van der Waals surface area contributed by atoms with Crippen LogP contribution in [0.4, 0.5) is 0 Å². The van der Waals surface area contributed by atoms with Crippen molar-refractivity contribution in [3.05, 3.63) is 58.0 Å². The van der Waals surface area contributed by atoms with Gasteiger partial charge in [0.05, 0.1) is 10.3 Å². The molecule has 2 aliphatic rings. The minimum absolute atomic E-state index is 0.0194. The molecule has 0 fully saturated rings. The Balaban J connectivity index is 1.74. The molecule has 134 valence electrons. The molecule has 0 saturated carbocycles. The fourth-order valence-corrected chi connectivity index (χ4v) is 6.21.